The molecule has 0 atom stereocenters. The molecule has 0 aliphatic carbocycles. The van der Waals surface area contributed by atoms with Crippen molar-refractivity contribution in [2.24, 2.45) is 17.2 Å². The molecular formula is C16H19N3O9. The summed E-state index contributed by atoms with van der Waals surface area (Å²) in [5, 5.41) is 18.0. The maximum atomic E-state index is 11.9. The number of hydrogen-bond donors (Lipinski definition) is 5. The van der Waals surface area contributed by atoms with Gasteiger partial charge in [-0.05, 0) is 18.2 Å². The summed E-state index contributed by atoms with van der Waals surface area (Å²) in [5.74, 6) is -6.96. The number of carbonyl (C=O) groups excluding carboxylic acids is 2. The third kappa shape index (κ3) is 7.13. The van der Waals surface area contributed by atoms with Crippen molar-refractivity contribution < 1.29 is 43.6 Å². The summed E-state index contributed by atoms with van der Waals surface area (Å²) in [5.41, 5.74) is 14.0. The largest absolute Gasteiger partial charge is 0.478 e. The van der Waals surface area contributed by atoms with Crippen LogP contribution in [-0.4, -0.2) is 59.9 Å². The van der Waals surface area contributed by atoms with Crippen molar-refractivity contribution in [1.29, 1.82) is 0 Å². The van der Waals surface area contributed by atoms with Crippen molar-refractivity contribution in [3.8, 4) is 0 Å². The topological polar surface area (TPSA) is 214 Å². The summed E-state index contributed by atoms with van der Waals surface area (Å²) in [4.78, 5) is 45.4. The van der Waals surface area contributed by atoms with E-state index in [1.54, 1.807) is 0 Å². The highest BCUT2D eigenvalue weighted by molar-refractivity contribution is 6.03. The van der Waals surface area contributed by atoms with Gasteiger partial charge in [0.2, 0.25) is 0 Å². The number of hydrogen-bond acceptors (Lipinski definition) is 10. The van der Waals surface area contributed by atoms with E-state index in [1.165, 1.54) is 0 Å². The van der Waals surface area contributed by atoms with Gasteiger partial charge in [0.25, 0.3) is 5.97 Å². The van der Waals surface area contributed by atoms with Crippen molar-refractivity contribution in [2.75, 3.05) is 19.8 Å². The molecule has 0 heterocycles. The molecule has 1 aromatic rings. The molecule has 0 amide bonds. The second kappa shape index (κ2) is 9.57. The van der Waals surface area contributed by atoms with E-state index in [4.69, 9.17) is 36.9 Å². The van der Waals surface area contributed by atoms with Gasteiger partial charge in [-0.15, -0.1) is 0 Å². The molecule has 8 N–H and O–H groups in total. The summed E-state index contributed by atoms with van der Waals surface area (Å²) in [6.07, 6.45) is 0. The molecule has 1 aromatic carbocycles. The van der Waals surface area contributed by atoms with Gasteiger partial charge in [-0.1, -0.05) is 6.58 Å². The van der Waals surface area contributed by atoms with Crippen LogP contribution in [0.25, 0.3) is 0 Å². The Hall–Kier alpha value is -3.32. The monoisotopic (exact) mass is 397 g/mol. The van der Waals surface area contributed by atoms with Crippen molar-refractivity contribution in [2.45, 2.75) is 5.97 Å². The summed E-state index contributed by atoms with van der Waals surface area (Å²) >= 11 is 0. The van der Waals surface area contributed by atoms with Crippen LogP contribution in [0.3, 0.4) is 0 Å². The predicted molar refractivity (Wildman–Crippen MR) is 92.0 cm³/mol. The van der Waals surface area contributed by atoms with Gasteiger partial charge in [0, 0.05) is 0 Å². The van der Waals surface area contributed by atoms with Crippen LogP contribution in [0.15, 0.2) is 30.4 Å². The molecule has 152 valence electrons. The summed E-state index contributed by atoms with van der Waals surface area (Å²) in [7, 11) is 0. The Morgan fingerprint density at radius 1 is 1.00 bits per heavy atom. The maximum absolute atomic E-state index is 11.9. The molecule has 28 heavy (non-hydrogen) atoms. The first kappa shape index (κ1) is 22.7. The van der Waals surface area contributed by atoms with Gasteiger partial charge in [-0.25, -0.2) is 19.2 Å². The number of esters is 2. The van der Waals surface area contributed by atoms with Crippen LogP contribution in [-0.2, 0) is 19.0 Å². The Morgan fingerprint density at radius 3 is 2.14 bits per heavy atom. The van der Waals surface area contributed by atoms with Crippen LogP contribution in [0.2, 0.25) is 0 Å². The van der Waals surface area contributed by atoms with Crippen LogP contribution in [0.5, 0.6) is 0 Å². The molecule has 0 unspecified atom stereocenters. The Kier molecular flexibility index (Phi) is 7.76. The van der Waals surface area contributed by atoms with Crippen LogP contribution in [0.4, 0.5) is 0 Å². The second-order valence-electron chi connectivity index (χ2n) is 5.41. The van der Waals surface area contributed by atoms with Crippen molar-refractivity contribution in [3.63, 3.8) is 0 Å². The average molecular weight is 397 g/mol. The van der Waals surface area contributed by atoms with E-state index in [9.17, 15) is 19.2 Å². The molecule has 0 aliphatic heterocycles. The fourth-order valence-corrected chi connectivity index (χ4v) is 1.80. The van der Waals surface area contributed by atoms with E-state index in [2.05, 4.69) is 11.3 Å². The molecule has 0 fully saturated rings. The van der Waals surface area contributed by atoms with Gasteiger partial charge in [0.05, 0.1) is 35.5 Å². The number of aromatic carboxylic acids is 2. The molecular weight excluding hydrogens is 378 g/mol. The molecule has 0 saturated carbocycles. The molecule has 0 radical (unpaired) electrons. The molecule has 0 aliphatic rings. The maximum Gasteiger partial charge on any atom is 0.339 e. The van der Waals surface area contributed by atoms with Crippen molar-refractivity contribution in [3.05, 3.63) is 47.0 Å². The molecule has 12 heteroatoms. The van der Waals surface area contributed by atoms with E-state index < -0.39 is 41.0 Å². The number of nitrogens with two attached hydrogens (primary N) is 3. The molecule has 0 aromatic heterocycles. The summed E-state index contributed by atoms with van der Waals surface area (Å²) < 4.78 is 14.4. The number of ether oxygens (including phenoxy) is 3. The lowest BCUT2D eigenvalue weighted by atomic mass is 10.0. The minimum absolute atomic E-state index is 0.129. The lowest BCUT2D eigenvalue weighted by molar-refractivity contribution is -0.154. The van der Waals surface area contributed by atoms with E-state index in [-0.39, 0.29) is 31.0 Å². The van der Waals surface area contributed by atoms with E-state index in [0.29, 0.717) is 0 Å². The Bertz CT molecular complexity index is 799. The number of rotatable bonds is 10. The zero-order valence-electron chi connectivity index (χ0n) is 14.5. The lowest BCUT2D eigenvalue weighted by Gasteiger charge is -2.19. The average Bonchev–Trinajstić information content (AvgIpc) is 2.58. The van der Waals surface area contributed by atoms with Gasteiger partial charge in [0.1, 0.15) is 6.61 Å². The Balaban J connectivity index is 2.50. The van der Waals surface area contributed by atoms with Gasteiger partial charge < -0.3 is 24.4 Å². The highest BCUT2D eigenvalue weighted by Crippen LogP contribution is 2.14. The minimum Gasteiger partial charge on any atom is -0.478 e. The highest BCUT2D eigenvalue weighted by atomic mass is 16.6. The number of benzene rings is 1. The zero-order valence-corrected chi connectivity index (χ0v) is 14.5. The third-order valence-corrected chi connectivity index (χ3v) is 3.01. The van der Waals surface area contributed by atoms with Gasteiger partial charge in [-0.3, -0.25) is 17.2 Å². The Labute approximate surface area is 158 Å². The van der Waals surface area contributed by atoms with Gasteiger partial charge in [0.15, 0.2) is 0 Å². The smallest absolute Gasteiger partial charge is 0.339 e. The molecule has 1 rings (SSSR count). The van der Waals surface area contributed by atoms with Crippen LogP contribution >= 0.6 is 0 Å². The molecule has 0 saturated heterocycles. The van der Waals surface area contributed by atoms with E-state index in [1.807, 2.05) is 0 Å². The normalized spacial score (nSPS) is 10.8. The number of carboxylic acid groups (broad SMARTS) is 2. The standard InChI is InChI=1S/C16H19N3O9/c1-8(14(24)28-16(17,18)19)7-26-4-5-27-15(25)9-2-3-10(12(20)21)11(6-9)13(22)23/h2-3,6H,1,4-5,7,17-19H2,(H,20,21)(H,22,23). The van der Waals surface area contributed by atoms with Gasteiger partial charge in [-0.2, -0.15) is 0 Å². The quantitative estimate of drug-likeness (QED) is 0.137. The second-order valence-corrected chi connectivity index (χ2v) is 5.41. The summed E-state index contributed by atoms with van der Waals surface area (Å²) in [6.45, 7) is 2.75. The lowest BCUT2D eigenvalue weighted by Crippen LogP contribution is -2.61. The predicted octanol–water partition coefficient (Wildman–Crippen LogP) is -1.16. The van der Waals surface area contributed by atoms with Crippen LogP contribution in [0.1, 0.15) is 31.1 Å². The highest BCUT2D eigenvalue weighted by Gasteiger charge is 2.21. The van der Waals surface area contributed by atoms with E-state index >= 15 is 0 Å². The first-order chi connectivity index (χ1) is 12.9. The third-order valence-electron chi connectivity index (χ3n) is 3.01. The number of carboxylic acids is 2. The minimum atomic E-state index is -2.15. The SMILES string of the molecule is C=C(COCCOC(=O)c1ccc(C(=O)O)c(C(=O)O)c1)C(=O)OC(N)(N)N. The molecule has 0 spiro atoms. The Morgan fingerprint density at radius 2 is 1.61 bits per heavy atom. The van der Waals surface area contributed by atoms with Crippen LogP contribution < -0.4 is 17.2 Å². The van der Waals surface area contributed by atoms with Crippen LogP contribution in [0, 0.1) is 0 Å². The first-order valence-corrected chi connectivity index (χ1v) is 7.55. The van der Waals surface area contributed by atoms with Crippen molar-refractivity contribution >= 4 is 23.9 Å². The summed E-state index contributed by atoms with van der Waals surface area (Å²) in [6, 6.07) is 3.00. The number of carbonyl (C=O) groups is 4. The van der Waals surface area contributed by atoms with Gasteiger partial charge >= 0.3 is 23.9 Å². The first-order valence-electron chi connectivity index (χ1n) is 7.55. The fraction of sp³-hybridized carbons (Fsp3) is 0.250. The van der Waals surface area contributed by atoms with Crippen molar-refractivity contribution in [1.82, 2.24) is 0 Å². The zero-order chi connectivity index (χ0) is 21.5. The fourth-order valence-electron chi connectivity index (χ4n) is 1.80. The van der Waals surface area contributed by atoms with E-state index in [0.717, 1.165) is 18.2 Å². The molecule has 12 nitrogen and oxygen atoms in total. The molecule has 0 bridgehead atoms.